The number of allylic oxidation sites excluding steroid dienone is 1. The van der Waals surface area contributed by atoms with Crippen LogP contribution in [-0.2, 0) is 9.59 Å². The van der Waals surface area contributed by atoms with Gasteiger partial charge in [-0.25, -0.2) is 4.98 Å². The standard InChI is InChI=1S/C26H23BrN4O4S2/c1-13-9-14-7-8-15(27)10-17(14)23(34)21(13)25-29-26(31-30-25)37-12-20(33)28-22-18(32)11-36-24(22)16-5-3-4-6-19(16)35-2/h3-10,21-22,24H,11-12H2,1-2H3,(H,28,33)(H,29,30,31). The second-order valence-electron chi connectivity index (χ2n) is 8.69. The minimum atomic E-state index is -0.635. The highest BCUT2D eigenvalue weighted by Gasteiger charge is 2.39. The van der Waals surface area contributed by atoms with Gasteiger partial charge in [0.1, 0.15) is 23.5 Å². The van der Waals surface area contributed by atoms with E-state index < -0.39 is 12.0 Å². The number of nitrogens with zero attached hydrogens (tertiary/aromatic N) is 2. The highest BCUT2D eigenvalue weighted by molar-refractivity contribution is 9.10. The summed E-state index contributed by atoms with van der Waals surface area (Å²) in [5, 5.41) is 10.1. The maximum atomic E-state index is 13.2. The molecule has 1 amide bonds. The van der Waals surface area contributed by atoms with Gasteiger partial charge in [-0.15, -0.1) is 16.9 Å². The maximum Gasteiger partial charge on any atom is 0.231 e. The third kappa shape index (κ3) is 5.25. The van der Waals surface area contributed by atoms with Crippen LogP contribution in [0.2, 0.25) is 0 Å². The number of Topliss-reactive ketones (excluding diaryl/α,β-unsaturated/α-hetero) is 2. The van der Waals surface area contributed by atoms with E-state index in [2.05, 4.69) is 36.4 Å². The number of methoxy groups -OCH3 is 1. The number of aromatic amines is 1. The van der Waals surface area contributed by atoms with Gasteiger partial charge in [-0.2, -0.15) is 0 Å². The molecule has 5 rings (SSSR count). The number of amides is 1. The Bertz CT molecular complexity index is 1420. The minimum Gasteiger partial charge on any atom is -0.496 e. The molecule has 1 aromatic heterocycles. The molecule has 3 aromatic rings. The summed E-state index contributed by atoms with van der Waals surface area (Å²) in [5.74, 6) is 0.554. The Labute approximate surface area is 230 Å². The number of H-pyrrole nitrogens is 1. The van der Waals surface area contributed by atoms with E-state index in [1.54, 1.807) is 7.11 Å². The fourth-order valence-electron chi connectivity index (χ4n) is 4.55. The number of rotatable bonds is 7. The summed E-state index contributed by atoms with van der Waals surface area (Å²) in [5.41, 5.74) is 3.24. The number of benzene rings is 2. The number of fused-ring (bicyclic) bond motifs is 1. The van der Waals surface area contributed by atoms with Crippen molar-refractivity contribution in [3.63, 3.8) is 0 Å². The van der Waals surface area contributed by atoms with Crippen molar-refractivity contribution < 1.29 is 19.1 Å². The topological polar surface area (TPSA) is 114 Å². The van der Waals surface area contributed by atoms with Crippen LogP contribution in [0, 0.1) is 0 Å². The maximum absolute atomic E-state index is 13.2. The van der Waals surface area contributed by atoms with Gasteiger partial charge >= 0.3 is 0 Å². The summed E-state index contributed by atoms with van der Waals surface area (Å²) in [6, 6.07) is 12.5. The number of hydrogen-bond acceptors (Lipinski definition) is 8. The summed E-state index contributed by atoms with van der Waals surface area (Å²) in [6.45, 7) is 1.89. The van der Waals surface area contributed by atoms with Crippen molar-refractivity contribution in [3.8, 4) is 5.75 Å². The van der Waals surface area contributed by atoms with Crippen LogP contribution in [-0.4, -0.2) is 57.3 Å². The second-order valence-corrected chi connectivity index (χ2v) is 11.7. The highest BCUT2D eigenvalue weighted by Crippen LogP contribution is 2.42. The molecule has 1 saturated heterocycles. The Balaban J connectivity index is 1.24. The van der Waals surface area contributed by atoms with Gasteiger partial charge in [0, 0.05) is 15.6 Å². The summed E-state index contributed by atoms with van der Waals surface area (Å²) in [4.78, 5) is 43.0. The molecule has 2 N–H and O–H groups in total. The van der Waals surface area contributed by atoms with Crippen molar-refractivity contribution in [3.05, 3.63) is 75.0 Å². The van der Waals surface area contributed by atoms with Crippen molar-refractivity contribution in [2.24, 2.45) is 0 Å². The number of para-hydroxylation sites is 1. The van der Waals surface area contributed by atoms with E-state index in [1.165, 1.54) is 11.8 Å². The zero-order chi connectivity index (χ0) is 26.1. The van der Waals surface area contributed by atoms with E-state index in [9.17, 15) is 14.4 Å². The Kier molecular flexibility index (Phi) is 7.55. The van der Waals surface area contributed by atoms with Gasteiger partial charge in [-0.1, -0.05) is 63.6 Å². The molecular weight excluding hydrogens is 576 g/mol. The molecule has 37 heavy (non-hydrogen) atoms. The molecule has 2 aromatic carbocycles. The number of thioether (sulfide) groups is 2. The molecule has 11 heteroatoms. The summed E-state index contributed by atoms with van der Waals surface area (Å²) in [7, 11) is 1.59. The van der Waals surface area contributed by atoms with Crippen LogP contribution in [0.4, 0.5) is 0 Å². The minimum absolute atomic E-state index is 0.0237. The molecule has 2 aliphatic rings. The van der Waals surface area contributed by atoms with Crippen molar-refractivity contribution in [2.45, 2.75) is 29.3 Å². The first-order valence-corrected chi connectivity index (χ1v) is 14.3. The van der Waals surface area contributed by atoms with Crippen LogP contribution in [0.3, 0.4) is 0 Å². The van der Waals surface area contributed by atoms with E-state index in [0.29, 0.717) is 28.0 Å². The first-order chi connectivity index (χ1) is 17.9. The van der Waals surface area contributed by atoms with E-state index in [-0.39, 0.29) is 28.5 Å². The predicted octanol–water partition coefficient (Wildman–Crippen LogP) is 4.59. The van der Waals surface area contributed by atoms with Crippen molar-refractivity contribution >= 4 is 63.0 Å². The van der Waals surface area contributed by atoms with Crippen molar-refractivity contribution in [1.29, 1.82) is 0 Å². The molecule has 0 saturated carbocycles. The summed E-state index contributed by atoms with van der Waals surface area (Å²) < 4.78 is 6.28. The van der Waals surface area contributed by atoms with Gasteiger partial charge in [-0.05, 0) is 30.7 Å². The van der Waals surface area contributed by atoms with Crippen LogP contribution in [0.25, 0.3) is 6.08 Å². The first-order valence-electron chi connectivity index (χ1n) is 11.5. The lowest BCUT2D eigenvalue weighted by molar-refractivity contribution is -0.124. The molecule has 2 heterocycles. The molecule has 1 fully saturated rings. The predicted molar refractivity (Wildman–Crippen MR) is 147 cm³/mol. The van der Waals surface area contributed by atoms with E-state index in [0.717, 1.165) is 32.9 Å². The molecule has 8 nitrogen and oxygen atoms in total. The zero-order valence-electron chi connectivity index (χ0n) is 20.0. The number of halogens is 1. The van der Waals surface area contributed by atoms with E-state index in [1.807, 2.05) is 55.5 Å². The quantitative estimate of drug-likeness (QED) is 0.379. The average molecular weight is 600 g/mol. The van der Waals surface area contributed by atoms with Gasteiger partial charge in [0.05, 0.1) is 23.9 Å². The SMILES string of the molecule is COc1ccccc1C1SCC(=O)C1NC(=O)CSc1n[nH]c(C2C(=O)c3cc(Br)ccc3C=C2C)n1. The fourth-order valence-corrected chi connectivity index (χ4v) is 6.84. The zero-order valence-corrected chi connectivity index (χ0v) is 23.2. The van der Waals surface area contributed by atoms with Crippen molar-refractivity contribution in [2.75, 3.05) is 18.6 Å². The van der Waals surface area contributed by atoms with E-state index >= 15 is 0 Å². The first kappa shape index (κ1) is 25.7. The molecule has 0 radical (unpaired) electrons. The number of ketones is 2. The van der Waals surface area contributed by atoms with Crippen LogP contribution >= 0.6 is 39.5 Å². The third-order valence-electron chi connectivity index (χ3n) is 6.29. The molecule has 1 aliphatic heterocycles. The van der Waals surface area contributed by atoms with E-state index in [4.69, 9.17) is 4.74 Å². The molecule has 3 unspecified atom stereocenters. The van der Waals surface area contributed by atoms with Gasteiger partial charge in [0.25, 0.3) is 0 Å². The van der Waals surface area contributed by atoms with Crippen LogP contribution in [0.5, 0.6) is 5.75 Å². The molecule has 1 aliphatic carbocycles. The molecule has 0 spiro atoms. The number of nitrogens with one attached hydrogen (secondary N) is 2. The van der Waals surface area contributed by atoms with Crippen LogP contribution in [0.1, 0.15) is 45.4 Å². The number of aromatic nitrogens is 3. The number of carbonyl (C=O) groups excluding carboxylic acids is 3. The normalized spacial score (nSPS) is 20.9. The molecule has 0 bridgehead atoms. The second kappa shape index (κ2) is 10.8. The number of carbonyl (C=O) groups is 3. The number of ether oxygens (including phenoxy) is 1. The Hall–Kier alpha value is -2.89. The smallest absolute Gasteiger partial charge is 0.231 e. The average Bonchev–Trinajstić information content (AvgIpc) is 3.50. The monoisotopic (exact) mass is 598 g/mol. The largest absolute Gasteiger partial charge is 0.496 e. The van der Waals surface area contributed by atoms with Crippen molar-refractivity contribution in [1.82, 2.24) is 20.5 Å². The molecular formula is C26H23BrN4O4S2. The van der Waals surface area contributed by atoms with Gasteiger partial charge < -0.3 is 10.1 Å². The van der Waals surface area contributed by atoms with Crippen LogP contribution < -0.4 is 10.1 Å². The summed E-state index contributed by atoms with van der Waals surface area (Å²) >= 11 is 6.07. The third-order valence-corrected chi connectivity index (χ3v) is 8.96. The number of hydrogen-bond donors (Lipinski definition) is 2. The van der Waals surface area contributed by atoms with Gasteiger partial charge in [0.15, 0.2) is 11.6 Å². The lowest BCUT2D eigenvalue weighted by Gasteiger charge is -2.21. The lowest BCUT2D eigenvalue weighted by atomic mass is 9.82. The summed E-state index contributed by atoms with van der Waals surface area (Å²) in [6.07, 6.45) is 1.98. The fraction of sp³-hybridized carbons (Fsp3) is 0.269. The molecule has 3 atom stereocenters. The highest BCUT2D eigenvalue weighted by atomic mass is 79.9. The Morgan fingerprint density at radius 3 is 2.89 bits per heavy atom. The van der Waals surface area contributed by atoms with Crippen LogP contribution in [0.15, 0.2) is 57.7 Å². The Morgan fingerprint density at radius 1 is 1.27 bits per heavy atom. The molecule has 190 valence electrons. The Morgan fingerprint density at radius 2 is 2.08 bits per heavy atom. The lowest BCUT2D eigenvalue weighted by Crippen LogP contribution is -2.42. The van der Waals surface area contributed by atoms with Gasteiger partial charge in [0.2, 0.25) is 11.1 Å². The van der Waals surface area contributed by atoms with Gasteiger partial charge in [-0.3, -0.25) is 19.5 Å².